The Morgan fingerprint density at radius 2 is 2.33 bits per heavy atom. The quantitative estimate of drug-likeness (QED) is 0.913. The van der Waals surface area contributed by atoms with E-state index in [2.05, 4.69) is 10.4 Å². The van der Waals surface area contributed by atoms with Crippen molar-refractivity contribution in [3.8, 4) is 0 Å². The molecule has 0 aromatic carbocycles. The zero-order valence-corrected chi connectivity index (χ0v) is 14.4. The van der Waals surface area contributed by atoms with Crippen LogP contribution in [-0.4, -0.2) is 34.4 Å². The monoisotopic (exact) mass is 332 g/mol. The van der Waals surface area contributed by atoms with E-state index in [1.54, 1.807) is 11.8 Å². The van der Waals surface area contributed by atoms with E-state index in [0.717, 1.165) is 48.7 Å². The van der Waals surface area contributed by atoms with Gasteiger partial charge in [0.15, 0.2) is 0 Å². The maximum atomic E-state index is 12.7. The first kappa shape index (κ1) is 16.6. The Balaban J connectivity index is 1.73. The average Bonchev–Trinajstić information content (AvgIpc) is 3.26. The van der Waals surface area contributed by atoms with Crippen LogP contribution < -0.4 is 5.32 Å². The summed E-state index contributed by atoms with van der Waals surface area (Å²) < 4.78 is 12.6. The van der Waals surface area contributed by atoms with Gasteiger partial charge in [-0.3, -0.25) is 4.68 Å². The lowest BCUT2D eigenvalue weighted by Crippen LogP contribution is -2.34. The van der Waals surface area contributed by atoms with Gasteiger partial charge in [0, 0.05) is 26.9 Å². The Morgan fingerprint density at radius 1 is 1.50 bits per heavy atom. The lowest BCUT2D eigenvalue weighted by Gasteiger charge is -2.23. The van der Waals surface area contributed by atoms with Gasteiger partial charge in [0.2, 0.25) is 0 Å². The number of methoxy groups -OCH3 is 1. The number of likely N-dealkylation sites (tertiary alicyclic amines) is 1. The number of urea groups is 1. The highest BCUT2D eigenvalue weighted by Gasteiger charge is 2.32. The molecule has 7 nitrogen and oxygen atoms in total. The second-order valence-corrected chi connectivity index (χ2v) is 6.04. The summed E-state index contributed by atoms with van der Waals surface area (Å²) in [6.07, 6.45) is 4.48. The molecule has 3 heterocycles. The maximum Gasteiger partial charge on any atom is 0.322 e. The Hall–Kier alpha value is -2.28. The minimum absolute atomic E-state index is 0.0302. The van der Waals surface area contributed by atoms with Gasteiger partial charge in [-0.2, -0.15) is 5.10 Å². The molecule has 1 aliphatic heterocycles. The third kappa shape index (κ3) is 3.31. The number of nitrogens with zero attached hydrogens (tertiary/aromatic N) is 3. The molecule has 1 aliphatic rings. The van der Waals surface area contributed by atoms with Crippen LogP contribution in [0.2, 0.25) is 0 Å². The summed E-state index contributed by atoms with van der Waals surface area (Å²) in [5.41, 5.74) is 1.66. The fourth-order valence-corrected chi connectivity index (χ4v) is 3.19. The van der Waals surface area contributed by atoms with Crippen molar-refractivity contribution in [2.24, 2.45) is 7.05 Å². The Bertz CT molecular complexity index is 707. The summed E-state index contributed by atoms with van der Waals surface area (Å²) in [6.45, 7) is 3.18. The zero-order valence-electron chi connectivity index (χ0n) is 14.4. The van der Waals surface area contributed by atoms with E-state index < -0.39 is 0 Å². The van der Waals surface area contributed by atoms with Gasteiger partial charge >= 0.3 is 6.03 Å². The normalized spacial score (nSPS) is 17.5. The van der Waals surface area contributed by atoms with Crippen molar-refractivity contribution in [1.82, 2.24) is 14.7 Å². The molecule has 0 bridgehead atoms. The van der Waals surface area contributed by atoms with Crippen molar-refractivity contribution in [3.05, 3.63) is 35.5 Å². The highest BCUT2D eigenvalue weighted by atomic mass is 16.5. The van der Waals surface area contributed by atoms with Crippen LogP contribution in [0.3, 0.4) is 0 Å². The van der Waals surface area contributed by atoms with E-state index in [1.807, 2.05) is 37.2 Å². The minimum Gasteiger partial charge on any atom is -0.461 e. The van der Waals surface area contributed by atoms with Crippen molar-refractivity contribution in [2.45, 2.75) is 38.8 Å². The SMILES string of the molecule is CCc1nn(C)cc1NC(=O)N1CCCC1c1ccc(COC)o1. The highest BCUT2D eigenvalue weighted by molar-refractivity contribution is 5.90. The summed E-state index contributed by atoms with van der Waals surface area (Å²) >= 11 is 0. The molecule has 0 spiro atoms. The Labute approximate surface area is 141 Å². The van der Waals surface area contributed by atoms with Crippen LogP contribution in [0.1, 0.15) is 43.0 Å². The van der Waals surface area contributed by atoms with Crippen LogP contribution in [0.5, 0.6) is 0 Å². The molecule has 1 N–H and O–H groups in total. The van der Waals surface area contributed by atoms with E-state index in [0.29, 0.717) is 6.61 Å². The second-order valence-electron chi connectivity index (χ2n) is 6.04. The molecule has 2 amide bonds. The molecule has 1 saturated heterocycles. The summed E-state index contributed by atoms with van der Waals surface area (Å²) in [7, 11) is 3.49. The number of ether oxygens (including phenoxy) is 1. The number of aromatic nitrogens is 2. The van der Waals surface area contributed by atoms with E-state index in [-0.39, 0.29) is 12.1 Å². The highest BCUT2D eigenvalue weighted by Crippen LogP contribution is 2.33. The van der Waals surface area contributed by atoms with Crippen LogP contribution in [0, 0.1) is 0 Å². The van der Waals surface area contributed by atoms with Gasteiger partial charge in [-0.1, -0.05) is 6.92 Å². The van der Waals surface area contributed by atoms with Crippen LogP contribution in [0.25, 0.3) is 0 Å². The summed E-state index contributed by atoms with van der Waals surface area (Å²) in [5.74, 6) is 1.59. The predicted molar refractivity (Wildman–Crippen MR) is 89.7 cm³/mol. The molecule has 7 heteroatoms. The van der Waals surface area contributed by atoms with Crippen molar-refractivity contribution in [3.63, 3.8) is 0 Å². The summed E-state index contributed by atoms with van der Waals surface area (Å²) in [5, 5.41) is 7.35. The molecular formula is C17H24N4O3. The molecule has 1 fully saturated rings. The number of hydrogen-bond acceptors (Lipinski definition) is 4. The number of rotatable bonds is 5. The Kier molecular flexibility index (Phi) is 4.89. The third-order valence-electron chi connectivity index (χ3n) is 4.29. The van der Waals surface area contributed by atoms with Crippen LogP contribution >= 0.6 is 0 Å². The first-order chi connectivity index (χ1) is 11.6. The molecule has 24 heavy (non-hydrogen) atoms. The molecule has 0 aliphatic carbocycles. The first-order valence-electron chi connectivity index (χ1n) is 8.30. The molecule has 1 unspecified atom stereocenters. The lowest BCUT2D eigenvalue weighted by atomic mass is 10.2. The van der Waals surface area contributed by atoms with E-state index >= 15 is 0 Å². The van der Waals surface area contributed by atoms with E-state index in [9.17, 15) is 4.79 Å². The molecular weight excluding hydrogens is 308 g/mol. The van der Waals surface area contributed by atoms with Crippen LogP contribution in [0.15, 0.2) is 22.7 Å². The number of amides is 2. The number of carbonyl (C=O) groups is 1. The molecule has 130 valence electrons. The van der Waals surface area contributed by atoms with Crippen molar-refractivity contribution in [2.75, 3.05) is 19.0 Å². The summed E-state index contributed by atoms with van der Waals surface area (Å²) in [4.78, 5) is 14.6. The molecule has 2 aromatic rings. The largest absolute Gasteiger partial charge is 0.461 e. The van der Waals surface area contributed by atoms with E-state index in [1.165, 1.54) is 0 Å². The second kappa shape index (κ2) is 7.09. The first-order valence-corrected chi connectivity index (χ1v) is 8.30. The summed E-state index contributed by atoms with van der Waals surface area (Å²) in [6, 6.07) is 3.71. The smallest absolute Gasteiger partial charge is 0.322 e. The van der Waals surface area contributed by atoms with Gasteiger partial charge in [0.05, 0.1) is 17.4 Å². The van der Waals surface area contributed by atoms with Crippen molar-refractivity contribution in [1.29, 1.82) is 0 Å². The number of anilines is 1. The van der Waals surface area contributed by atoms with Crippen LogP contribution in [-0.2, 0) is 24.8 Å². The van der Waals surface area contributed by atoms with Gasteiger partial charge < -0.3 is 19.4 Å². The van der Waals surface area contributed by atoms with Gasteiger partial charge in [0.1, 0.15) is 18.1 Å². The molecule has 0 radical (unpaired) electrons. The minimum atomic E-state index is -0.107. The van der Waals surface area contributed by atoms with E-state index in [4.69, 9.17) is 9.15 Å². The predicted octanol–water partition coefficient (Wildman–Crippen LogP) is 3.09. The number of aryl methyl sites for hydroxylation is 2. The fourth-order valence-electron chi connectivity index (χ4n) is 3.19. The maximum absolute atomic E-state index is 12.7. The average molecular weight is 332 g/mol. The van der Waals surface area contributed by atoms with Gasteiger partial charge in [-0.25, -0.2) is 4.79 Å². The fraction of sp³-hybridized carbons (Fsp3) is 0.529. The molecule has 2 aromatic heterocycles. The van der Waals surface area contributed by atoms with Crippen molar-refractivity contribution >= 4 is 11.7 Å². The molecule has 1 atom stereocenters. The number of hydrogen-bond donors (Lipinski definition) is 1. The number of furan rings is 1. The molecule has 3 rings (SSSR count). The van der Waals surface area contributed by atoms with Gasteiger partial charge in [-0.05, 0) is 31.4 Å². The van der Waals surface area contributed by atoms with Crippen LogP contribution in [0.4, 0.5) is 10.5 Å². The van der Waals surface area contributed by atoms with Gasteiger partial charge in [0.25, 0.3) is 0 Å². The van der Waals surface area contributed by atoms with Crippen molar-refractivity contribution < 1.29 is 13.9 Å². The number of nitrogens with one attached hydrogen (secondary N) is 1. The van der Waals surface area contributed by atoms with Gasteiger partial charge in [-0.15, -0.1) is 0 Å². The topological polar surface area (TPSA) is 72.5 Å². The standard InChI is InChI=1S/C17H24N4O3/c1-4-13-14(10-20(2)19-13)18-17(22)21-9-5-6-15(21)16-8-7-12(24-16)11-23-3/h7-8,10,15H,4-6,9,11H2,1-3H3,(H,18,22). The molecule has 0 saturated carbocycles. The third-order valence-corrected chi connectivity index (χ3v) is 4.29. The number of carbonyl (C=O) groups excluding carboxylic acids is 1. The lowest BCUT2D eigenvalue weighted by molar-refractivity contribution is 0.157. The Morgan fingerprint density at radius 3 is 3.08 bits per heavy atom. The zero-order chi connectivity index (χ0) is 17.1.